The number of nitrogens with zero attached hydrogens (tertiary/aromatic N) is 2. The first-order valence-corrected chi connectivity index (χ1v) is 24.4. The van der Waals surface area contributed by atoms with Gasteiger partial charge in [0, 0.05) is 33.4 Å². The summed E-state index contributed by atoms with van der Waals surface area (Å²) >= 11 is 0. The van der Waals surface area contributed by atoms with Crippen LogP contribution in [-0.4, -0.2) is 38.5 Å². The molecular weight excluding hydrogens is 817 g/mol. The van der Waals surface area contributed by atoms with E-state index in [2.05, 4.69) is 58.0 Å². The Morgan fingerprint density at radius 2 is 0.887 bits per heavy atom. The van der Waals surface area contributed by atoms with E-state index in [9.17, 15) is 27.0 Å². The molecule has 2 fully saturated rings. The number of phenolic OH excluding ortho intramolecular Hbond substituents is 2. The van der Waals surface area contributed by atoms with Gasteiger partial charge in [-0.15, -0.1) is 0 Å². The zero-order valence-electron chi connectivity index (χ0n) is 35.3. The highest BCUT2D eigenvalue weighted by molar-refractivity contribution is 7.89. The highest BCUT2D eigenvalue weighted by Crippen LogP contribution is 2.58. The van der Waals surface area contributed by atoms with Crippen LogP contribution >= 0.6 is 0 Å². The normalized spacial score (nSPS) is 24.5. The maximum Gasteiger partial charge on any atom is 0.276 e. The number of nitrogens with one attached hydrogen (secondary N) is 2. The van der Waals surface area contributed by atoms with Crippen molar-refractivity contribution in [2.45, 2.75) is 101 Å². The molecule has 62 heavy (non-hydrogen) atoms. The summed E-state index contributed by atoms with van der Waals surface area (Å²) in [6.45, 7) is 8.23. The van der Waals surface area contributed by atoms with Crippen LogP contribution in [0.1, 0.15) is 97.6 Å². The summed E-state index contributed by atoms with van der Waals surface area (Å²) in [5.74, 6) is 0.473. The van der Waals surface area contributed by atoms with Crippen LogP contribution in [0.4, 0.5) is 0 Å². The monoisotopic (exact) mass is 866 g/mol. The Bertz CT molecular complexity index is 2930. The van der Waals surface area contributed by atoms with Crippen molar-refractivity contribution in [2.24, 2.45) is 21.0 Å². The number of hydrogen-bond acceptors (Lipinski definition) is 8. The number of aromatic hydroxyl groups is 2. The third-order valence-electron chi connectivity index (χ3n) is 14.9. The zero-order valence-corrected chi connectivity index (χ0v) is 36.9. The second kappa shape index (κ2) is 14.4. The van der Waals surface area contributed by atoms with Gasteiger partial charge in [0.1, 0.15) is 11.5 Å². The molecule has 0 aromatic heterocycles. The Morgan fingerprint density at radius 3 is 1.27 bits per heavy atom. The molecule has 0 amide bonds. The van der Waals surface area contributed by atoms with E-state index < -0.39 is 20.0 Å². The molecular formula is C50H50N4O6S2. The van der Waals surface area contributed by atoms with Crippen LogP contribution in [-0.2, 0) is 32.9 Å². The lowest BCUT2D eigenvalue weighted by Gasteiger charge is -2.39. The molecule has 4 atom stereocenters. The summed E-state index contributed by atoms with van der Waals surface area (Å²) in [5.41, 5.74) is 9.11. The summed E-state index contributed by atoms with van der Waals surface area (Å²) in [4.78, 5) is 5.43. The Labute approximate surface area is 362 Å². The maximum atomic E-state index is 13.1. The van der Waals surface area contributed by atoms with Crippen LogP contribution in [0.3, 0.4) is 0 Å². The summed E-state index contributed by atoms with van der Waals surface area (Å²) in [6.07, 6.45) is 6.15. The molecule has 6 aromatic carbocycles. The number of hydrazone groups is 2. The van der Waals surface area contributed by atoms with Crippen molar-refractivity contribution in [3.63, 3.8) is 0 Å². The smallest absolute Gasteiger partial charge is 0.276 e. The van der Waals surface area contributed by atoms with E-state index in [0.29, 0.717) is 24.0 Å². The van der Waals surface area contributed by atoms with Crippen molar-refractivity contribution < 1.29 is 27.0 Å². The van der Waals surface area contributed by atoms with Crippen LogP contribution in [0.15, 0.2) is 117 Å². The van der Waals surface area contributed by atoms with E-state index in [1.165, 1.54) is 22.3 Å². The van der Waals surface area contributed by atoms with Crippen molar-refractivity contribution in [1.29, 1.82) is 0 Å². The minimum atomic E-state index is -3.81. The molecule has 318 valence electrons. The predicted octanol–water partition coefficient (Wildman–Crippen LogP) is 10.0. The number of hydrogen-bond donors (Lipinski definition) is 4. The van der Waals surface area contributed by atoms with Crippen LogP contribution in [0, 0.1) is 24.7 Å². The number of fused-ring (bicyclic) bond motifs is 10. The molecule has 4 aliphatic rings. The summed E-state index contributed by atoms with van der Waals surface area (Å²) in [5, 5.41) is 36.3. The van der Waals surface area contributed by atoms with E-state index in [1.54, 1.807) is 60.7 Å². The van der Waals surface area contributed by atoms with Crippen LogP contribution in [0.5, 0.6) is 11.5 Å². The molecule has 12 heteroatoms. The number of aryl methyl sites for hydroxylation is 4. The van der Waals surface area contributed by atoms with E-state index in [-0.39, 0.29) is 44.0 Å². The fraction of sp³-hybridized carbons (Fsp3) is 0.320. The molecule has 6 aromatic rings. The van der Waals surface area contributed by atoms with Gasteiger partial charge in [-0.1, -0.05) is 85.6 Å². The third kappa shape index (κ3) is 6.31. The first-order chi connectivity index (χ1) is 29.6. The average molecular weight is 867 g/mol. The molecule has 0 radical (unpaired) electrons. The summed E-state index contributed by atoms with van der Waals surface area (Å²) < 4.78 is 52.6. The lowest BCUT2D eigenvalue weighted by Crippen LogP contribution is -2.34. The molecule has 0 aliphatic heterocycles. The van der Waals surface area contributed by atoms with Crippen molar-refractivity contribution in [2.75, 3.05) is 0 Å². The van der Waals surface area contributed by atoms with Gasteiger partial charge in [0.25, 0.3) is 20.0 Å². The lowest BCUT2D eigenvalue weighted by molar-refractivity contribution is 0.342. The van der Waals surface area contributed by atoms with Crippen molar-refractivity contribution >= 4 is 53.0 Å². The van der Waals surface area contributed by atoms with Crippen molar-refractivity contribution in [1.82, 2.24) is 9.66 Å². The number of rotatable bonds is 7. The largest absolute Gasteiger partial charge is 0.507 e. The molecule has 2 saturated carbocycles. The first kappa shape index (κ1) is 40.4. The Morgan fingerprint density at radius 1 is 0.516 bits per heavy atom. The molecule has 0 saturated heterocycles. The molecule has 10 nitrogen and oxygen atoms in total. The van der Waals surface area contributed by atoms with Crippen molar-refractivity contribution in [3.05, 3.63) is 130 Å². The molecule has 4 aliphatic carbocycles. The predicted molar refractivity (Wildman–Crippen MR) is 245 cm³/mol. The van der Waals surface area contributed by atoms with Crippen molar-refractivity contribution in [3.8, 4) is 22.6 Å². The Hall–Kier alpha value is -5.72. The summed E-state index contributed by atoms with van der Waals surface area (Å²) in [7, 11) is -7.62. The SMILES string of the molecule is Cc1ccc(S(=O)(=O)N/N=C2/CC[C@@H]3c4ccc5c(-c6c(O)ccc7c8c(ccc67)[C@H]6CC/C(=N\NS(=O)(=O)c7ccc(C)cc7)[C@@]6(C)CC8)c(O)ccc5c4CC[C@]23C)cc1. The van der Waals surface area contributed by atoms with E-state index >= 15 is 0 Å². The fourth-order valence-electron chi connectivity index (χ4n) is 11.4. The van der Waals surface area contributed by atoms with Gasteiger partial charge in [0.15, 0.2) is 0 Å². The molecule has 0 spiro atoms. The number of sulfonamides is 2. The highest BCUT2D eigenvalue weighted by Gasteiger charge is 2.49. The Balaban J connectivity index is 0.976. The first-order valence-electron chi connectivity index (χ1n) is 21.5. The lowest BCUT2D eigenvalue weighted by atomic mass is 9.65. The molecule has 0 bridgehead atoms. The standard InChI is InChI=1S/C50H50N4O6S2/c1-29-5-9-31(10-6-29)61(57,58)53-51-45-23-19-41-37-13-15-39-33(35(37)25-27-49(41,45)3)17-21-43(55)47(39)48-40-16-14-38-36(34(40)18-22-44(48)56)26-28-50(4)42(38)20-24-46(50)52-54-62(59,60)32-11-7-30(2)8-12-32/h5-18,21-22,41-42,53-56H,19-20,23-28H2,1-4H3/b51-45-,52-46+/t41-,42-,49+,50+/m1/s1. The molecule has 0 heterocycles. The zero-order chi connectivity index (χ0) is 43.3. The van der Waals surface area contributed by atoms with Crippen LogP contribution in [0.25, 0.3) is 32.7 Å². The topological polar surface area (TPSA) is 158 Å². The minimum Gasteiger partial charge on any atom is -0.507 e. The van der Waals surface area contributed by atoms with Crippen LogP contribution < -0.4 is 9.66 Å². The van der Waals surface area contributed by atoms with Gasteiger partial charge in [-0.05, 0) is 157 Å². The number of phenols is 2. The van der Waals surface area contributed by atoms with Gasteiger partial charge in [-0.3, -0.25) is 0 Å². The molecule has 0 unspecified atom stereocenters. The fourth-order valence-corrected chi connectivity index (χ4v) is 13.1. The molecule has 10 rings (SSSR count). The quantitative estimate of drug-likeness (QED) is 0.117. The van der Waals surface area contributed by atoms with E-state index in [0.717, 1.165) is 82.6 Å². The van der Waals surface area contributed by atoms with Gasteiger partial charge in [0.05, 0.1) is 9.79 Å². The van der Waals surface area contributed by atoms with E-state index in [4.69, 9.17) is 0 Å². The van der Waals surface area contributed by atoms with Gasteiger partial charge in [-0.25, -0.2) is 9.66 Å². The van der Waals surface area contributed by atoms with Gasteiger partial charge in [-0.2, -0.15) is 27.0 Å². The summed E-state index contributed by atoms with van der Waals surface area (Å²) in [6, 6.07) is 29.4. The van der Waals surface area contributed by atoms with Crippen LogP contribution in [0.2, 0.25) is 0 Å². The minimum absolute atomic E-state index is 0.0899. The Kier molecular flexibility index (Phi) is 9.39. The third-order valence-corrected chi connectivity index (χ3v) is 17.4. The second-order valence-corrected chi connectivity index (χ2v) is 21.6. The van der Waals surface area contributed by atoms with E-state index in [1.807, 2.05) is 26.0 Å². The van der Waals surface area contributed by atoms with Gasteiger partial charge >= 0.3 is 0 Å². The highest BCUT2D eigenvalue weighted by atomic mass is 32.2. The number of benzene rings is 6. The van der Waals surface area contributed by atoms with Gasteiger partial charge in [0.2, 0.25) is 0 Å². The van der Waals surface area contributed by atoms with Gasteiger partial charge < -0.3 is 10.2 Å². The maximum absolute atomic E-state index is 13.1. The molecule has 4 N–H and O–H groups in total. The second-order valence-electron chi connectivity index (χ2n) is 18.3. The average Bonchev–Trinajstić information content (AvgIpc) is 3.78.